The first-order chi connectivity index (χ1) is 15.7. The van der Waals surface area contributed by atoms with Gasteiger partial charge < -0.3 is 20.1 Å². The Bertz CT molecular complexity index is 941. The second-order valence-corrected chi connectivity index (χ2v) is 8.53. The third kappa shape index (κ3) is 6.22. The molecule has 1 aliphatic carbocycles. The zero-order valence-corrected chi connectivity index (χ0v) is 18.4. The van der Waals surface area contributed by atoms with Crippen LogP contribution in [-0.4, -0.2) is 30.0 Å². The second kappa shape index (κ2) is 11.0. The van der Waals surface area contributed by atoms with Gasteiger partial charge in [0, 0.05) is 24.7 Å². The fraction of sp³-hybridized carbons (Fsp3) is 0.480. The summed E-state index contributed by atoms with van der Waals surface area (Å²) in [7, 11) is 0. The molecule has 1 aromatic heterocycles. The second-order valence-electron chi connectivity index (χ2n) is 8.53. The summed E-state index contributed by atoms with van der Waals surface area (Å²) in [5, 5.41) is 5.73. The first-order valence-corrected chi connectivity index (χ1v) is 11.6. The van der Waals surface area contributed by atoms with Crippen molar-refractivity contribution in [1.82, 2.24) is 4.98 Å². The molecule has 7 heteroatoms. The third-order valence-electron chi connectivity index (χ3n) is 6.02. The average molecular weight is 438 g/mol. The summed E-state index contributed by atoms with van der Waals surface area (Å²) in [6.45, 7) is 1.11. The molecule has 4 rings (SSSR count). The summed E-state index contributed by atoms with van der Waals surface area (Å²) < 4.78 is 11.8. The Morgan fingerprint density at radius 2 is 2.00 bits per heavy atom. The maximum Gasteiger partial charge on any atom is 0.225 e. The maximum atomic E-state index is 12.4. The molecule has 2 aromatic rings. The fourth-order valence-electron chi connectivity index (χ4n) is 4.23. The Labute approximate surface area is 188 Å². The van der Waals surface area contributed by atoms with E-state index in [4.69, 9.17) is 9.47 Å². The van der Waals surface area contributed by atoms with E-state index >= 15 is 0 Å². The lowest BCUT2D eigenvalue weighted by atomic mass is 9.90. The maximum absolute atomic E-state index is 12.4. The Morgan fingerprint density at radius 1 is 1.12 bits per heavy atom. The minimum absolute atomic E-state index is 0.0487. The van der Waals surface area contributed by atoms with Crippen molar-refractivity contribution in [1.29, 1.82) is 0 Å². The van der Waals surface area contributed by atoms with Gasteiger partial charge in [-0.3, -0.25) is 9.59 Å². The molecule has 1 fully saturated rings. The molecule has 2 heterocycles. The third-order valence-corrected chi connectivity index (χ3v) is 6.02. The Kier molecular flexibility index (Phi) is 7.59. The number of benzene rings is 1. The quantitative estimate of drug-likeness (QED) is 0.554. The number of aryl methyl sites for hydroxylation is 1. The molecule has 7 nitrogen and oxygen atoms in total. The summed E-state index contributed by atoms with van der Waals surface area (Å²) >= 11 is 0. The van der Waals surface area contributed by atoms with E-state index in [1.807, 2.05) is 30.3 Å². The van der Waals surface area contributed by atoms with Crippen molar-refractivity contribution in [2.24, 2.45) is 5.92 Å². The number of carbonyl (C=O) groups excluding carboxylic acids is 2. The normalized spacial score (nSPS) is 16.1. The first-order valence-electron chi connectivity index (χ1n) is 11.6. The van der Waals surface area contributed by atoms with Gasteiger partial charge in [0.25, 0.3) is 0 Å². The number of fused-ring (bicyclic) bond motifs is 1. The SMILES string of the molecule is O=C1CCc2cc(OCCCC(=O)Nc3ncccc3OCC3CCCCC3)ccc2N1. The number of amides is 2. The van der Waals surface area contributed by atoms with E-state index in [2.05, 4.69) is 15.6 Å². The van der Waals surface area contributed by atoms with Gasteiger partial charge in [0.15, 0.2) is 11.6 Å². The van der Waals surface area contributed by atoms with E-state index in [0.717, 1.165) is 23.4 Å². The number of aromatic nitrogens is 1. The lowest BCUT2D eigenvalue weighted by Gasteiger charge is -2.22. The highest BCUT2D eigenvalue weighted by atomic mass is 16.5. The molecule has 2 aliphatic rings. The molecular weight excluding hydrogens is 406 g/mol. The van der Waals surface area contributed by atoms with Crippen LogP contribution in [-0.2, 0) is 16.0 Å². The minimum atomic E-state index is -0.108. The highest BCUT2D eigenvalue weighted by Gasteiger charge is 2.17. The molecule has 0 unspecified atom stereocenters. The van der Waals surface area contributed by atoms with Gasteiger partial charge in [-0.15, -0.1) is 0 Å². The fourth-order valence-corrected chi connectivity index (χ4v) is 4.23. The summed E-state index contributed by atoms with van der Waals surface area (Å²) in [6, 6.07) is 9.34. The molecular formula is C25H31N3O4. The van der Waals surface area contributed by atoms with Crippen molar-refractivity contribution in [3.8, 4) is 11.5 Å². The van der Waals surface area contributed by atoms with Crippen molar-refractivity contribution in [3.63, 3.8) is 0 Å². The van der Waals surface area contributed by atoms with E-state index in [-0.39, 0.29) is 11.8 Å². The molecule has 2 amide bonds. The molecule has 1 aliphatic heterocycles. The monoisotopic (exact) mass is 437 g/mol. The minimum Gasteiger partial charge on any atom is -0.494 e. The Balaban J connectivity index is 1.20. The van der Waals surface area contributed by atoms with E-state index in [9.17, 15) is 9.59 Å². The number of carbonyl (C=O) groups is 2. The molecule has 170 valence electrons. The van der Waals surface area contributed by atoms with Gasteiger partial charge in [-0.25, -0.2) is 4.98 Å². The van der Waals surface area contributed by atoms with Crippen molar-refractivity contribution in [2.45, 2.75) is 57.8 Å². The lowest BCUT2D eigenvalue weighted by Crippen LogP contribution is -2.19. The van der Waals surface area contributed by atoms with Crippen LogP contribution in [0.1, 0.15) is 56.9 Å². The first kappa shape index (κ1) is 22.1. The van der Waals surface area contributed by atoms with Crippen molar-refractivity contribution in [2.75, 3.05) is 23.8 Å². The molecule has 0 atom stereocenters. The van der Waals surface area contributed by atoms with Crippen molar-refractivity contribution < 1.29 is 19.1 Å². The molecule has 0 radical (unpaired) electrons. The van der Waals surface area contributed by atoms with Crippen LogP contribution >= 0.6 is 0 Å². The highest BCUT2D eigenvalue weighted by molar-refractivity contribution is 5.94. The van der Waals surface area contributed by atoms with Crippen LogP contribution < -0.4 is 20.1 Å². The number of rotatable bonds is 9. The van der Waals surface area contributed by atoms with Crippen molar-refractivity contribution in [3.05, 3.63) is 42.1 Å². The average Bonchev–Trinajstić information content (AvgIpc) is 2.82. The van der Waals surface area contributed by atoms with E-state index in [1.54, 1.807) is 6.20 Å². The molecule has 2 N–H and O–H groups in total. The predicted molar refractivity (Wildman–Crippen MR) is 123 cm³/mol. The van der Waals surface area contributed by atoms with Gasteiger partial charge in [-0.1, -0.05) is 19.3 Å². The summed E-state index contributed by atoms with van der Waals surface area (Å²) in [5.74, 6) is 2.39. The number of nitrogens with zero attached hydrogens (tertiary/aromatic N) is 1. The van der Waals surface area contributed by atoms with Crippen LogP contribution in [0.25, 0.3) is 0 Å². The van der Waals surface area contributed by atoms with Gasteiger partial charge in [0.1, 0.15) is 5.75 Å². The van der Waals surface area contributed by atoms with Crippen molar-refractivity contribution >= 4 is 23.3 Å². The number of pyridine rings is 1. The standard InChI is InChI=1S/C25H31N3O4/c29-23(9-5-15-31-20-11-12-21-19(16-20)10-13-24(30)27-21)28-25-22(8-4-14-26-25)32-17-18-6-2-1-3-7-18/h4,8,11-12,14,16,18H,1-3,5-7,9-10,13,15,17H2,(H,27,30)(H,26,28,29). The van der Waals surface area contributed by atoms with E-state index in [1.165, 1.54) is 32.1 Å². The predicted octanol–water partition coefficient (Wildman–Crippen LogP) is 4.72. The number of nitrogens with one attached hydrogen (secondary N) is 2. The zero-order chi connectivity index (χ0) is 22.2. The number of hydrogen-bond acceptors (Lipinski definition) is 5. The van der Waals surface area contributed by atoms with Gasteiger partial charge in [-0.05, 0) is 67.5 Å². The van der Waals surface area contributed by atoms with Crippen LogP contribution in [0.2, 0.25) is 0 Å². The largest absolute Gasteiger partial charge is 0.494 e. The molecule has 0 spiro atoms. The summed E-state index contributed by atoms with van der Waals surface area (Å²) in [5.41, 5.74) is 1.93. The van der Waals surface area contributed by atoms with Gasteiger partial charge in [0.05, 0.1) is 13.2 Å². The number of anilines is 2. The highest BCUT2D eigenvalue weighted by Crippen LogP contribution is 2.28. The topological polar surface area (TPSA) is 89.6 Å². The Hall–Kier alpha value is -3.09. The van der Waals surface area contributed by atoms with Crippen LogP contribution in [0, 0.1) is 5.92 Å². The smallest absolute Gasteiger partial charge is 0.225 e. The zero-order valence-electron chi connectivity index (χ0n) is 18.4. The van der Waals surface area contributed by atoms with Gasteiger partial charge in [-0.2, -0.15) is 0 Å². The number of hydrogen-bond donors (Lipinski definition) is 2. The molecule has 0 bridgehead atoms. The Morgan fingerprint density at radius 3 is 2.88 bits per heavy atom. The van der Waals surface area contributed by atoms with Crippen LogP contribution in [0.4, 0.5) is 11.5 Å². The van der Waals surface area contributed by atoms with E-state index in [0.29, 0.717) is 50.0 Å². The van der Waals surface area contributed by atoms with E-state index < -0.39 is 0 Å². The number of ether oxygens (including phenoxy) is 2. The van der Waals surface area contributed by atoms with Crippen LogP contribution in [0.3, 0.4) is 0 Å². The molecule has 1 saturated carbocycles. The molecule has 32 heavy (non-hydrogen) atoms. The van der Waals surface area contributed by atoms with Crippen LogP contribution in [0.15, 0.2) is 36.5 Å². The van der Waals surface area contributed by atoms with Gasteiger partial charge in [0.2, 0.25) is 11.8 Å². The molecule has 0 saturated heterocycles. The van der Waals surface area contributed by atoms with Gasteiger partial charge >= 0.3 is 0 Å². The summed E-state index contributed by atoms with van der Waals surface area (Å²) in [4.78, 5) is 28.1. The van der Waals surface area contributed by atoms with Crippen LogP contribution in [0.5, 0.6) is 11.5 Å². The lowest BCUT2D eigenvalue weighted by molar-refractivity contribution is -0.117. The molecule has 1 aromatic carbocycles. The summed E-state index contributed by atoms with van der Waals surface area (Å²) in [6.07, 6.45) is 10.1.